The van der Waals surface area contributed by atoms with Gasteiger partial charge in [0.05, 0.1) is 0 Å². The number of morpholine rings is 1. The number of carbonyl (C=O) groups excluding carboxylic acids is 1. The van der Waals surface area contributed by atoms with Gasteiger partial charge in [-0.2, -0.15) is 0 Å². The van der Waals surface area contributed by atoms with Gasteiger partial charge in [-0.3, -0.25) is 4.79 Å². The maximum absolute atomic E-state index is 11.1. The van der Waals surface area contributed by atoms with Crippen LogP contribution in [0.4, 0.5) is 0 Å². The molecule has 18 heavy (non-hydrogen) atoms. The van der Waals surface area contributed by atoms with Crippen LogP contribution in [-0.2, 0) is 16.0 Å². The Labute approximate surface area is 107 Å². The van der Waals surface area contributed by atoms with E-state index in [4.69, 9.17) is 4.74 Å². The number of amides is 1. The molecule has 1 fully saturated rings. The molecule has 0 aromatic heterocycles. The lowest BCUT2D eigenvalue weighted by atomic mass is 9.89. The Morgan fingerprint density at radius 2 is 2.17 bits per heavy atom. The summed E-state index contributed by atoms with van der Waals surface area (Å²) in [5.74, 6) is -0.0221. The van der Waals surface area contributed by atoms with Gasteiger partial charge in [0.25, 0.3) is 0 Å². The summed E-state index contributed by atoms with van der Waals surface area (Å²) in [7, 11) is 0. The van der Waals surface area contributed by atoms with E-state index in [2.05, 4.69) is 35.8 Å². The Morgan fingerprint density at radius 3 is 2.94 bits per heavy atom. The predicted octanol–water partition coefficient (Wildman–Crippen LogP) is 1.08. The van der Waals surface area contributed by atoms with E-state index >= 15 is 0 Å². The first-order valence-corrected chi connectivity index (χ1v) is 6.49. The summed E-state index contributed by atoms with van der Waals surface area (Å²) in [6.07, 6.45) is 1.03. The van der Waals surface area contributed by atoms with E-state index in [1.54, 1.807) is 0 Å². The van der Waals surface area contributed by atoms with E-state index in [1.165, 1.54) is 16.7 Å². The normalized spacial score (nSPS) is 27.5. The van der Waals surface area contributed by atoms with Crippen LogP contribution in [0.3, 0.4) is 0 Å². The second-order valence-electron chi connectivity index (χ2n) is 4.94. The number of carbonyl (C=O) groups is 1. The molecule has 2 aliphatic heterocycles. The first kappa shape index (κ1) is 11.7. The fourth-order valence-electron chi connectivity index (χ4n) is 2.84. The van der Waals surface area contributed by atoms with Crippen molar-refractivity contribution in [1.82, 2.24) is 10.6 Å². The molecule has 3 rings (SSSR count). The molecule has 0 spiro atoms. The van der Waals surface area contributed by atoms with E-state index in [9.17, 15) is 4.79 Å². The zero-order valence-electron chi connectivity index (χ0n) is 10.5. The summed E-state index contributed by atoms with van der Waals surface area (Å²) < 4.78 is 5.65. The van der Waals surface area contributed by atoms with Crippen LogP contribution in [-0.4, -0.2) is 25.6 Å². The van der Waals surface area contributed by atoms with Gasteiger partial charge in [-0.1, -0.05) is 18.2 Å². The topological polar surface area (TPSA) is 50.4 Å². The Kier molecular flexibility index (Phi) is 3.06. The molecular formula is C14H18N2O2. The van der Waals surface area contributed by atoms with Crippen molar-refractivity contribution >= 4 is 5.91 Å². The van der Waals surface area contributed by atoms with Crippen LogP contribution in [0.25, 0.3) is 0 Å². The lowest BCUT2D eigenvalue weighted by Crippen LogP contribution is -2.39. The van der Waals surface area contributed by atoms with Crippen molar-refractivity contribution in [1.29, 1.82) is 0 Å². The third kappa shape index (κ3) is 2.02. The Hall–Kier alpha value is -1.39. The van der Waals surface area contributed by atoms with Crippen LogP contribution >= 0.6 is 0 Å². The van der Waals surface area contributed by atoms with Crippen LogP contribution < -0.4 is 10.6 Å². The molecule has 0 aliphatic carbocycles. The minimum atomic E-state index is -0.0221. The number of hydrogen-bond acceptors (Lipinski definition) is 3. The molecule has 1 saturated heterocycles. The molecule has 1 aromatic rings. The third-order valence-corrected chi connectivity index (χ3v) is 3.79. The molecule has 1 amide bonds. The van der Waals surface area contributed by atoms with Gasteiger partial charge in [-0.25, -0.2) is 0 Å². The lowest BCUT2D eigenvalue weighted by Gasteiger charge is -2.30. The molecule has 0 radical (unpaired) electrons. The van der Waals surface area contributed by atoms with Crippen LogP contribution in [0, 0.1) is 0 Å². The average molecular weight is 246 g/mol. The molecule has 2 aliphatic rings. The maximum Gasteiger partial charge on any atom is 0.246 e. The molecule has 0 saturated carbocycles. The van der Waals surface area contributed by atoms with Gasteiger partial charge in [-0.05, 0) is 36.6 Å². The highest BCUT2D eigenvalue weighted by Crippen LogP contribution is 2.30. The number of nitrogens with one attached hydrogen (secondary N) is 2. The monoisotopic (exact) mass is 246 g/mol. The second kappa shape index (κ2) is 4.71. The molecule has 2 N–H and O–H groups in total. The zero-order valence-corrected chi connectivity index (χ0v) is 10.5. The number of fused-ring (bicyclic) bond motifs is 1. The minimum Gasteiger partial charge on any atom is -0.362 e. The Balaban J connectivity index is 1.92. The van der Waals surface area contributed by atoms with Crippen LogP contribution in [0.2, 0.25) is 0 Å². The lowest BCUT2D eigenvalue weighted by molar-refractivity contribution is -0.133. The van der Waals surface area contributed by atoms with Crippen molar-refractivity contribution < 1.29 is 9.53 Å². The van der Waals surface area contributed by atoms with Gasteiger partial charge < -0.3 is 15.4 Å². The Morgan fingerprint density at radius 1 is 1.33 bits per heavy atom. The highest BCUT2D eigenvalue weighted by atomic mass is 16.5. The first-order chi connectivity index (χ1) is 8.75. The van der Waals surface area contributed by atoms with E-state index < -0.39 is 0 Å². The molecule has 1 unspecified atom stereocenters. The van der Waals surface area contributed by atoms with Gasteiger partial charge in [0.1, 0.15) is 12.7 Å². The number of benzene rings is 1. The highest BCUT2D eigenvalue weighted by molar-refractivity contribution is 5.77. The van der Waals surface area contributed by atoms with Crippen molar-refractivity contribution in [2.45, 2.75) is 25.5 Å². The third-order valence-electron chi connectivity index (χ3n) is 3.79. The predicted molar refractivity (Wildman–Crippen MR) is 68.3 cm³/mol. The summed E-state index contributed by atoms with van der Waals surface area (Å²) >= 11 is 0. The van der Waals surface area contributed by atoms with Gasteiger partial charge in [0.2, 0.25) is 5.91 Å². The molecule has 4 nitrogen and oxygen atoms in total. The van der Waals surface area contributed by atoms with Crippen LogP contribution in [0.5, 0.6) is 0 Å². The molecule has 96 valence electrons. The van der Waals surface area contributed by atoms with Crippen molar-refractivity contribution in [3.63, 3.8) is 0 Å². The highest BCUT2D eigenvalue weighted by Gasteiger charge is 2.25. The van der Waals surface area contributed by atoms with Gasteiger partial charge in [0, 0.05) is 12.6 Å². The first-order valence-electron chi connectivity index (χ1n) is 6.49. The molecule has 1 aromatic carbocycles. The maximum atomic E-state index is 11.1. The SMILES string of the molecule is C[C@@H]1NCCc2c(C3CNC(=O)CO3)cccc21. The van der Waals surface area contributed by atoms with Crippen LogP contribution in [0.15, 0.2) is 18.2 Å². The number of rotatable bonds is 1. The number of hydrogen-bond donors (Lipinski definition) is 2. The van der Waals surface area contributed by atoms with E-state index in [1.807, 2.05) is 0 Å². The van der Waals surface area contributed by atoms with Gasteiger partial charge in [0.15, 0.2) is 0 Å². The van der Waals surface area contributed by atoms with Gasteiger partial charge >= 0.3 is 0 Å². The van der Waals surface area contributed by atoms with Crippen molar-refractivity contribution in [3.05, 3.63) is 34.9 Å². The molecule has 4 heteroatoms. The zero-order chi connectivity index (χ0) is 12.5. The summed E-state index contributed by atoms with van der Waals surface area (Å²) in [5.41, 5.74) is 3.99. The number of ether oxygens (including phenoxy) is 1. The van der Waals surface area contributed by atoms with E-state index in [0.29, 0.717) is 12.6 Å². The minimum absolute atomic E-state index is 0.00273. The molecular weight excluding hydrogens is 228 g/mol. The van der Waals surface area contributed by atoms with Crippen molar-refractivity contribution in [3.8, 4) is 0 Å². The fourth-order valence-corrected chi connectivity index (χ4v) is 2.84. The average Bonchev–Trinajstić information content (AvgIpc) is 2.40. The standard InChI is InChI=1S/C14H18N2O2/c1-9-10-3-2-4-12(11(10)5-6-15-9)13-7-16-14(17)8-18-13/h2-4,9,13,15H,5-8H2,1H3,(H,16,17)/t9-,13?/m0/s1. The van der Waals surface area contributed by atoms with Crippen molar-refractivity contribution in [2.24, 2.45) is 0 Å². The smallest absolute Gasteiger partial charge is 0.246 e. The summed E-state index contributed by atoms with van der Waals surface area (Å²) in [4.78, 5) is 11.1. The summed E-state index contributed by atoms with van der Waals surface area (Å²) in [6.45, 7) is 3.94. The quantitative estimate of drug-likeness (QED) is 0.779. The largest absolute Gasteiger partial charge is 0.362 e. The van der Waals surface area contributed by atoms with Gasteiger partial charge in [-0.15, -0.1) is 0 Å². The van der Waals surface area contributed by atoms with Crippen LogP contribution in [0.1, 0.15) is 35.8 Å². The second-order valence-corrected chi connectivity index (χ2v) is 4.94. The van der Waals surface area contributed by atoms with Crippen molar-refractivity contribution in [2.75, 3.05) is 19.7 Å². The molecule has 0 bridgehead atoms. The Bertz CT molecular complexity index is 463. The fraction of sp³-hybridized carbons (Fsp3) is 0.500. The molecule has 2 heterocycles. The van der Waals surface area contributed by atoms with E-state index in [0.717, 1.165) is 13.0 Å². The summed E-state index contributed by atoms with van der Waals surface area (Å²) in [6, 6.07) is 6.78. The van der Waals surface area contributed by atoms with E-state index in [-0.39, 0.29) is 18.6 Å². The molecule has 2 atom stereocenters. The summed E-state index contributed by atoms with van der Waals surface area (Å²) in [5, 5.41) is 6.33.